The first-order valence-corrected chi connectivity index (χ1v) is 7.45. The highest BCUT2D eigenvalue weighted by atomic mass is 16.2. The number of nitrogens with zero attached hydrogens (tertiary/aromatic N) is 1. The van der Waals surface area contributed by atoms with Gasteiger partial charge in [-0.25, -0.2) is 0 Å². The van der Waals surface area contributed by atoms with Crippen LogP contribution < -0.4 is 11.1 Å². The molecule has 0 aromatic heterocycles. The zero-order chi connectivity index (χ0) is 13.8. The van der Waals surface area contributed by atoms with Gasteiger partial charge in [-0.05, 0) is 38.1 Å². The Morgan fingerprint density at radius 2 is 2.26 bits per heavy atom. The predicted octanol–water partition coefficient (Wildman–Crippen LogP) is 0.489. The van der Waals surface area contributed by atoms with Crippen molar-refractivity contribution in [1.29, 1.82) is 0 Å². The number of hydrogen-bond acceptors (Lipinski definition) is 3. The molecule has 5 nitrogen and oxygen atoms in total. The van der Waals surface area contributed by atoms with Crippen LogP contribution in [0.4, 0.5) is 0 Å². The third-order valence-corrected chi connectivity index (χ3v) is 4.47. The zero-order valence-electron chi connectivity index (χ0n) is 11.7. The summed E-state index contributed by atoms with van der Waals surface area (Å²) in [5.41, 5.74) is 5.73. The number of piperazine rings is 1. The first-order chi connectivity index (χ1) is 9.17. The lowest BCUT2D eigenvalue weighted by Gasteiger charge is -2.38. The van der Waals surface area contributed by atoms with Crippen molar-refractivity contribution in [2.45, 2.75) is 45.1 Å². The van der Waals surface area contributed by atoms with Gasteiger partial charge in [0.1, 0.15) is 6.04 Å². The molecular weight excluding hydrogens is 242 g/mol. The van der Waals surface area contributed by atoms with E-state index < -0.39 is 0 Å². The Kier molecular flexibility index (Phi) is 4.80. The van der Waals surface area contributed by atoms with E-state index in [1.165, 1.54) is 0 Å². The molecule has 0 radical (unpaired) electrons. The second kappa shape index (κ2) is 6.37. The fourth-order valence-electron chi connectivity index (χ4n) is 3.35. The lowest BCUT2D eigenvalue weighted by molar-refractivity contribution is -0.147. The van der Waals surface area contributed by atoms with Gasteiger partial charge in [0.25, 0.3) is 0 Å². The van der Waals surface area contributed by atoms with Crippen LogP contribution in [0.1, 0.15) is 39.0 Å². The van der Waals surface area contributed by atoms with Crippen molar-refractivity contribution in [1.82, 2.24) is 10.2 Å². The number of nitrogens with one attached hydrogen (secondary N) is 1. The molecule has 3 unspecified atom stereocenters. The minimum Gasteiger partial charge on any atom is -0.353 e. The third kappa shape index (κ3) is 3.08. The van der Waals surface area contributed by atoms with E-state index in [4.69, 9.17) is 5.73 Å². The summed E-state index contributed by atoms with van der Waals surface area (Å²) in [5, 5.41) is 2.84. The van der Waals surface area contributed by atoms with E-state index in [2.05, 4.69) is 5.32 Å². The topological polar surface area (TPSA) is 75.4 Å². The highest BCUT2D eigenvalue weighted by molar-refractivity contribution is 5.89. The summed E-state index contributed by atoms with van der Waals surface area (Å²) in [6.45, 7) is 3.85. The maximum absolute atomic E-state index is 12.6. The van der Waals surface area contributed by atoms with Crippen LogP contribution in [-0.2, 0) is 9.59 Å². The third-order valence-electron chi connectivity index (χ3n) is 4.47. The molecule has 2 rings (SSSR count). The van der Waals surface area contributed by atoms with Gasteiger partial charge < -0.3 is 16.0 Å². The molecule has 108 valence electrons. The van der Waals surface area contributed by atoms with E-state index in [-0.39, 0.29) is 23.8 Å². The number of hydrogen-bond donors (Lipinski definition) is 2. The van der Waals surface area contributed by atoms with Crippen molar-refractivity contribution in [3.63, 3.8) is 0 Å². The van der Waals surface area contributed by atoms with Gasteiger partial charge in [0, 0.05) is 19.0 Å². The van der Waals surface area contributed by atoms with E-state index in [9.17, 15) is 9.59 Å². The molecule has 2 amide bonds. The van der Waals surface area contributed by atoms with Crippen LogP contribution in [0.2, 0.25) is 0 Å². The van der Waals surface area contributed by atoms with Crippen LogP contribution >= 0.6 is 0 Å². The molecule has 2 fully saturated rings. The van der Waals surface area contributed by atoms with Crippen molar-refractivity contribution < 1.29 is 9.59 Å². The first kappa shape index (κ1) is 14.3. The van der Waals surface area contributed by atoms with Gasteiger partial charge in [-0.3, -0.25) is 9.59 Å². The average Bonchev–Trinajstić information content (AvgIpc) is 2.46. The minimum atomic E-state index is -0.278. The SMILES string of the molecule is CCC1C(=O)NCCN1C(=O)C1CCCC(CN)C1. The standard InChI is InChI=1S/C14H25N3O2/c1-2-12-13(18)16-6-7-17(12)14(19)11-5-3-4-10(8-11)9-15/h10-12H,2-9,15H2,1H3,(H,16,18). The second-order valence-electron chi connectivity index (χ2n) is 5.71. The van der Waals surface area contributed by atoms with Gasteiger partial charge >= 0.3 is 0 Å². The smallest absolute Gasteiger partial charge is 0.242 e. The van der Waals surface area contributed by atoms with E-state index in [0.29, 0.717) is 32.0 Å². The zero-order valence-corrected chi connectivity index (χ0v) is 11.7. The van der Waals surface area contributed by atoms with E-state index in [0.717, 1.165) is 25.7 Å². The molecule has 0 aromatic rings. The van der Waals surface area contributed by atoms with Crippen LogP contribution in [0.15, 0.2) is 0 Å². The Bertz CT molecular complexity index is 346. The fourth-order valence-corrected chi connectivity index (χ4v) is 3.35. The normalized spacial score (nSPS) is 32.0. The molecule has 1 saturated carbocycles. The molecule has 2 aliphatic rings. The minimum absolute atomic E-state index is 0.00622. The summed E-state index contributed by atoms with van der Waals surface area (Å²) in [6.07, 6.45) is 4.74. The van der Waals surface area contributed by atoms with Crippen molar-refractivity contribution >= 4 is 11.8 Å². The van der Waals surface area contributed by atoms with E-state index in [1.807, 2.05) is 6.92 Å². The Labute approximate surface area is 114 Å². The fraction of sp³-hybridized carbons (Fsp3) is 0.857. The Morgan fingerprint density at radius 1 is 1.47 bits per heavy atom. The predicted molar refractivity (Wildman–Crippen MR) is 73.3 cm³/mol. The van der Waals surface area contributed by atoms with Crippen molar-refractivity contribution in [2.24, 2.45) is 17.6 Å². The molecule has 5 heteroatoms. The molecular formula is C14H25N3O2. The van der Waals surface area contributed by atoms with Gasteiger partial charge in [0.05, 0.1) is 0 Å². The number of carbonyl (C=O) groups excluding carboxylic acids is 2. The molecule has 0 bridgehead atoms. The Morgan fingerprint density at radius 3 is 2.95 bits per heavy atom. The quantitative estimate of drug-likeness (QED) is 0.781. The maximum atomic E-state index is 12.6. The summed E-state index contributed by atoms with van der Waals surface area (Å²) in [7, 11) is 0. The molecule has 3 atom stereocenters. The summed E-state index contributed by atoms with van der Waals surface area (Å²) < 4.78 is 0. The summed E-state index contributed by atoms with van der Waals surface area (Å²) in [4.78, 5) is 26.2. The average molecular weight is 267 g/mol. The number of nitrogens with two attached hydrogens (primary N) is 1. The molecule has 3 N–H and O–H groups in total. The van der Waals surface area contributed by atoms with Gasteiger partial charge in [-0.1, -0.05) is 13.3 Å². The summed E-state index contributed by atoms with van der Waals surface area (Å²) in [6, 6.07) is -0.278. The van der Waals surface area contributed by atoms with Crippen molar-refractivity contribution in [3.05, 3.63) is 0 Å². The van der Waals surface area contributed by atoms with Crippen LogP contribution in [0.3, 0.4) is 0 Å². The second-order valence-corrected chi connectivity index (χ2v) is 5.71. The first-order valence-electron chi connectivity index (χ1n) is 7.45. The molecule has 1 aliphatic heterocycles. The molecule has 19 heavy (non-hydrogen) atoms. The lowest BCUT2D eigenvalue weighted by atomic mass is 9.80. The largest absolute Gasteiger partial charge is 0.353 e. The van der Waals surface area contributed by atoms with Gasteiger partial charge in [0.15, 0.2) is 0 Å². The molecule has 0 spiro atoms. The molecule has 0 aromatic carbocycles. The summed E-state index contributed by atoms with van der Waals surface area (Å²) in [5.74, 6) is 0.705. The number of rotatable bonds is 3. The monoisotopic (exact) mass is 267 g/mol. The van der Waals surface area contributed by atoms with Crippen molar-refractivity contribution in [2.75, 3.05) is 19.6 Å². The van der Waals surface area contributed by atoms with E-state index >= 15 is 0 Å². The highest BCUT2D eigenvalue weighted by Crippen LogP contribution is 2.30. The molecule has 1 aliphatic carbocycles. The van der Waals surface area contributed by atoms with Crippen LogP contribution in [0, 0.1) is 11.8 Å². The Hall–Kier alpha value is -1.10. The van der Waals surface area contributed by atoms with Gasteiger partial charge in [0.2, 0.25) is 11.8 Å². The van der Waals surface area contributed by atoms with Crippen molar-refractivity contribution in [3.8, 4) is 0 Å². The van der Waals surface area contributed by atoms with Crippen LogP contribution in [0.5, 0.6) is 0 Å². The Balaban J connectivity index is 2.03. The highest BCUT2D eigenvalue weighted by Gasteiger charge is 2.36. The molecule has 1 heterocycles. The number of amides is 2. The summed E-state index contributed by atoms with van der Waals surface area (Å²) >= 11 is 0. The number of carbonyl (C=O) groups is 2. The maximum Gasteiger partial charge on any atom is 0.242 e. The van der Waals surface area contributed by atoms with Crippen LogP contribution in [0.25, 0.3) is 0 Å². The van der Waals surface area contributed by atoms with Gasteiger partial charge in [-0.2, -0.15) is 0 Å². The molecule has 1 saturated heterocycles. The van der Waals surface area contributed by atoms with Gasteiger partial charge in [-0.15, -0.1) is 0 Å². The lowest BCUT2D eigenvalue weighted by Crippen LogP contribution is -2.58. The van der Waals surface area contributed by atoms with E-state index in [1.54, 1.807) is 4.90 Å². The van der Waals surface area contributed by atoms with Crippen LogP contribution in [-0.4, -0.2) is 42.4 Å².